The molecule has 0 fully saturated rings. The number of hydrogen-bond acceptors (Lipinski definition) is 4. The number of hydrogen-bond donors (Lipinski definition) is 1. The molecule has 1 aromatic heterocycles. The smallest absolute Gasteiger partial charge is 0.414 e. The van der Waals surface area contributed by atoms with Crippen LogP contribution in [0.25, 0.3) is 16.9 Å². The van der Waals surface area contributed by atoms with Crippen LogP contribution in [0.3, 0.4) is 0 Å². The van der Waals surface area contributed by atoms with E-state index in [4.69, 9.17) is 27.9 Å². The molecule has 0 saturated carbocycles. The Morgan fingerprint density at radius 2 is 1.82 bits per heavy atom. The van der Waals surface area contributed by atoms with E-state index in [2.05, 4.69) is 0 Å². The summed E-state index contributed by atoms with van der Waals surface area (Å²) in [7, 11) is 4.67. The summed E-state index contributed by atoms with van der Waals surface area (Å²) in [6.07, 6.45) is -0.538. The van der Waals surface area contributed by atoms with E-state index in [9.17, 15) is 14.7 Å². The first-order chi connectivity index (χ1) is 13.2. The highest BCUT2D eigenvalue weighted by molar-refractivity contribution is 6.42. The first-order valence-electron chi connectivity index (χ1n) is 8.16. The summed E-state index contributed by atoms with van der Waals surface area (Å²) in [4.78, 5) is 25.8. The molecule has 28 heavy (non-hydrogen) atoms. The fourth-order valence-corrected chi connectivity index (χ4v) is 2.96. The molecule has 0 aliphatic rings. The van der Waals surface area contributed by atoms with Gasteiger partial charge in [-0.15, -0.1) is 0 Å². The molecule has 0 aliphatic heterocycles. The van der Waals surface area contributed by atoms with Gasteiger partial charge in [0.2, 0.25) is 5.88 Å². The van der Waals surface area contributed by atoms with Crippen molar-refractivity contribution in [2.24, 2.45) is 7.05 Å². The normalized spacial score (nSPS) is 10.8. The highest BCUT2D eigenvalue weighted by Gasteiger charge is 2.21. The van der Waals surface area contributed by atoms with Gasteiger partial charge in [-0.25, -0.2) is 14.2 Å². The zero-order valence-electron chi connectivity index (χ0n) is 15.3. The van der Waals surface area contributed by atoms with Gasteiger partial charge in [0.1, 0.15) is 11.4 Å². The second-order valence-corrected chi connectivity index (χ2v) is 7.05. The zero-order valence-corrected chi connectivity index (χ0v) is 16.8. The molecule has 0 radical (unpaired) electrons. The van der Waals surface area contributed by atoms with E-state index in [1.165, 1.54) is 22.6 Å². The Hall–Kier alpha value is -2.90. The van der Waals surface area contributed by atoms with Gasteiger partial charge in [0, 0.05) is 26.7 Å². The van der Waals surface area contributed by atoms with Crippen molar-refractivity contribution in [2.75, 3.05) is 14.1 Å². The predicted molar refractivity (Wildman–Crippen MR) is 108 cm³/mol. The van der Waals surface area contributed by atoms with Gasteiger partial charge < -0.3 is 14.7 Å². The third-order valence-corrected chi connectivity index (χ3v) is 4.82. The molecule has 0 unspecified atom stereocenters. The van der Waals surface area contributed by atoms with Gasteiger partial charge in [-0.1, -0.05) is 35.3 Å². The summed E-state index contributed by atoms with van der Waals surface area (Å²) >= 11 is 12.0. The summed E-state index contributed by atoms with van der Waals surface area (Å²) in [5.41, 5.74) is 0.661. The predicted octanol–water partition coefficient (Wildman–Crippen LogP) is 3.92. The second kappa shape index (κ2) is 7.61. The maximum absolute atomic E-state index is 12.7. The summed E-state index contributed by atoms with van der Waals surface area (Å²) in [6.45, 7) is 0. The molecule has 1 N–H and O–H groups in total. The van der Waals surface area contributed by atoms with Gasteiger partial charge in [0.25, 0.3) is 0 Å². The van der Waals surface area contributed by atoms with Gasteiger partial charge in [-0.3, -0.25) is 4.57 Å². The van der Waals surface area contributed by atoms with E-state index in [-0.39, 0.29) is 22.3 Å². The minimum atomic E-state index is -0.538. The van der Waals surface area contributed by atoms with Crippen LogP contribution >= 0.6 is 23.2 Å². The SMILES string of the molecule is CN(C)C(=O)Oc1cccc(-c2c(O)n(-c3ccc(Cl)c(Cl)c3)c(=O)n2C)c1. The van der Waals surface area contributed by atoms with Crippen molar-refractivity contribution < 1.29 is 14.6 Å². The Bertz CT molecular complexity index is 1120. The molecule has 1 heterocycles. The fraction of sp³-hybridized carbons (Fsp3) is 0.158. The molecule has 3 rings (SSSR count). The van der Waals surface area contributed by atoms with Gasteiger partial charge in [0.15, 0.2) is 0 Å². The number of aromatic nitrogens is 2. The lowest BCUT2D eigenvalue weighted by Gasteiger charge is -2.11. The van der Waals surface area contributed by atoms with Crippen molar-refractivity contribution in [3.05, 3.63) is 63.0 Å². The van der Waals surface area contributed by atoms with Crippen LogP contribution in [0, 0.1) is 0 Å². The molecule has 0 bridgehead atoms. The highest BCUT2D eigenvalue weighted by Crippen LogP contribution is 2.33. The number of ether oxygens (including phenoxy) is 1. The van der Waals surface area contributed by atoms with Crippen LogP contribution in [0.1, 0.15) is 0 Å². The van der Waals surface area contributed by atoms with Crippen LogP contribution in [0.15, 0.2) is 47.3 Å². The van der Waals surface area contributed by atoms with Crippen LogP contribution in [-0.4, -0.2) is 39.3 Å². The lowest BCUT2D eigenvalue weighted by Crippen LogP contribution is -2.25. The maximum Gasteiger partial charge on any atom is 0.414 e. The van der Waals surface area contributed by atoms with E-state index in [1.807, 2.05) is 0 Å². The molecular formula is C19H17Cl2N3O4. The average molecular weight is 422 g/mol. The first kappa shape index (κ1) is 19.9. The van der Waals surface area contributed by atoms with Crippen molar-refractivity contribution in [3.8, 4) is 28.6 Å². The van der Waals surface area contributed by atoms with Crippen molar-refractivity contribution in [1.29, 1.82) is 0 Å². The third kappa shape index (κ3) is 3.58. The Balaban J connectivity index is 2.10. The topological polar surface area (TPSA) is 76.7 Å². The number of aromatic hydroxyl groups is 1. The molecule has 0 aliphatic carbocycles. The fourth-order valence-electron chi connectivity index (χ4n) is 2.67. The monoisotopic (exact) mass is 421 g/mol. The largest absolute Gasteiger partial charge is 0.493 e. The van der Waals surface area contributed by atoms with Crippen LogP contribution in [-0.2, 0) is 7.05 Å². The maximum atomic E-state index is 12.7. The summed E-state index contributed by atoms with van der Waals surface area (Å²) in [5, 5.41) is 11.4. The van der Waals surface area contributed by atoms with Gasteiger partial charge in [-0.2, -0.15) is 0 Å². The molecule has 146 valence electrons. The Morgan fingerprint density at radius 3 is 2.46 bits per heavy atom. The van der Waals surface area contributed by atoms with E-state index < -0.39 is 11.8 Å². The van der Waals surface area contributed by atoms with Crippen LogP contribution in [0.5, 0.6) is 11.6 Å². The number of carbonyl (C=O) groups excluding carboxylic acids is 1. The van der Waals surface area contributed by atoms with E-state index >= 15 is 0 Å². The lowest BCUT2D eigenvalue weighted by molar-refractivity contribution is 0.172. The van der Waals surface area contributed by atoms with Crippen molar-refractivity contribution >= 4 is 29.3 Å². The van der Waals surface area contributed by atoms with Crippen LogP contribution in [0.4, 0.5) is 4.79 Å². The number of imidazole rings is 1. The average Bonchev–Trinajstić information content (AvgIpc) is 2.86. The first-order valence-corrected chi connectivity index (χ1v) is 8.92. The van der Waals surface area contributed by atoms with E-state index in [1.54, 1.807) is 50.5 Å². The number of nitrogens with zero attached hydrogens (tertiary/aromatic N) is 3. The standard InChI is InChI=1S/C19H17Cl2N3O4/c1-22(2)19(27)28-13-6-4-5-11(9-13)16-17(25)24(18(26)23(16)3)12-7-8-14(20)15(21)10-12/h4-10,25H,1-3H3. The number of rotatable bonds is 3. The van der Waals surface area contributed by atoms with Gasteiger partial charge >= 0.3 is 11.8 Å². The minimum Gasteiger partial charge on any atom is -0.493 e. The van der Waals surface area contributed by atoms with Crippen LogP contribution < -0.4 is 10.4 Å². The second-order valence-electron chi connectivity index (χ2n) is 6.24. The van der Waals surface area contributed by atoms with Gasteiger partial charge in [0.05, 0.1) is 15.7 Å². The Morgan fingerprint density at radius 1 is 1.11 bits per heavy atom. The number of halogens is 2. The van der Waals surface area contributed by atoms with Crippen molar-refractivity contribution in [1.82, 2.24) is 14.0 Å². The summed E-state index contributed by atoms with van der Waals surface area (Å²) < 4.78 is 7.66. The van der Waals surface area contributed by atoms with Crippen molar-refractivity contribution in [2.45, 2.75) is 0 Å². The van der Waals surface area contributed by atoms with Gasteiger partial charge in [-0.05, 0) is 30.3 Å². The molecule has 1 amide bonds. The zero-order chi connectivity index (χ0) is 20.6. The summed E-state index contributed by atoms with van der Waals surface area (Å²) in [5.74, 6) is 0.00677. The minimum absolute atomic E-state index is 0.258. The van der Waals surface area contributed by atoms with Crippen LogP contribution in [0.2, 0.25) is 10.0 Å². The molecular weight excluding hydrogens is 405 g/mol. The Kier molecular flexibility index (Phi) is 5.40. The van der Waals surface area contributed by atoms with Crippen molar-refractivity contribution in [3.63, 3.8) is 0 Å². The molecule has 0 spiro atoms. The van der Waals surface area contributed by atoms with E-state index in [0.717, 1.165) is 4.57 Å². The molecule has 3 aromatic rings. The third-order valence-electron chi connectivity index (χ3n) is 4.08. The molecule has 0 atom stereocenters. The van der Waals surface area contributed by atoms with E-state index in [0.29, 0.717) is 16.3 Å². The summed E-state index contributed by atoms with van der Waals surface area (Å²) in [6, 6.07) is 11.1. The number of benzene rings is 2. The number of carbonyl (C=O) groups is 1. The highest BCUT2D eigenvalue weighted by atomic mass is 35.5. The lowest BCUT2D eigenvalue weighted by atomic mass is 10.1. The molecule has 7 nitrogen and oxygen atoms in total. The molecule has 0 saturated heterocycles. The Labute approximate surface area is 170 Å². The molecule has 9 heteroatoms. The number of amides is 1. The quantitative estimate of drug-likeness (QED) is 0.695. The molecule has 2 aromatic carbocycles.